The van der Waals surface area contributed by atoms with Gasteiger partial charge in [-0.15, -0.1) is 0 Å². The topological polar surface area (TPSA) is 72.9 Å². The molecule has 2 aromatic carbocycles. The van der Waals surface area contributed by atoms with Crippen LogP contribution >= 0.6 is 0 Å². The first-order chi connectivity index (χ1) is 15.8. The Kier molecular flexibility index (Phi) is 8.54. The van der Waals surface area contributed by atoms with Crippen molar-refractivity contribution in [1.29, 1.82) is 0 Å². The molecule has 33 heavy (non-hydrogen) atoms. The Balaban J connectivity index is 1.79. The van der Waals surface area contributed by atoms with Gasteiger partial charge in [-0.3, -0.25) is 9.69 Å². The number of hydrogen-bond donors (Lipinski definition) is 0. The van der Waals surface area contributed by atoms with E-state index in [0.717, 1.165) is 19.4 Å². The van der Waals surface area contributed by atoms with Gasteiger partial charge in [-0.25, -0.2) is 8.42 Å². The Bertz CT molecular complexity index is 1010. The Morgan fingerprint density at radius 2 is 1.64 bits per heavy atom. The highest BCUT2D eigenvalue weighted by molar-refractivity contribution is 7.93. The lowest BCUT2D eigenvalue weighted by atomic mass is 9.95. The second-order valence-electron chi connectivity index (χ2n) is 8.65. The fourth-order valence-corrected chi connectivity index (χ4v) is 6.09. The zero-order valence-electron chi connectivity index (χ0n) is 19.9. The summed E-state index contributed by atoms with van der Waals surface area (Å²) in [7, 11) is -3.95. The van der Waals surface area contributed by atoms with Crippen molar-refractivity contribution in [2.24, 2.45) is 0 Å². The van der Waals surface area contributed by atoms with Crippen LogP contribution in [0.25, 0.3) is 0 Å². The Hall–Kier alpha value is -2.38. The molecule has 1 fully saturated rings. The number of nitrogens with zero attached hydrogens (tertiary/aromatic N) is 1. The highest BCUT2D eigenvalue weighted by Gasteiger charge is 2.54. The van der Waals surface area contributed by atoms with Crippen LogP contribution in [-0.2, 0) is 25.9 Å². The van der Waals surface area contributed by atoms with Gasteiger partial charge in [0.25, 0.3) is 0 Å². The minimum atomic E-state index is -3.95. The molecule has 1 aliphatic heterocycles. The molecule has 0 radical (unpaired) electrons. The fraction of sp³-hybridized carbons (Fsp3) is 0.500. The molecule has 6 nitrogen and oxygen atoms in total. The molecule has 0 amide bonds. The molecule has 0 saturated carbocycles. The van der Waals surface area contributed by atoms with Crippen LogP contribution in [0.5, 0.6) is 5.75 Å². The van der Waals surface area contributed by atoms with Crippen LogP contribution in [0.1, 0.15) is 50.7 Å². The molecule has 2 aromatic rings. The van der Waals surface area contributed by atoms with Gasteiger partial charge in [-0.2, -0.15) is 0 Å². The SMILES string of the molecule is CCCCOc1ccc(S(=O)(=O)C2(C(=O)OCC)CCN(Cc3ccc(C)cc3)CC2)cc1. The lowest BCUT2D eigenvalue weighted by molar-refractivity contribution is -0.147. The number of ether oxygens (including phenoxy) is 2. The predicted octanol–water partition coefficient (Wildman–Crippen LogP) is 4.55. The number of aryl methyl sites for hydroxylation is 1. The highest BCUT2D eigenvalue weighted by atomic mass is 32.2. The summed E-state index contributed by atoms with van der Waals surface area (Å²) >= 11 is 0. The van der Waals surface area contributed by atoms with E-state index in [1.165, 1.54) is 23.3 Å². The van der Waals surface area contributed by atoms with Crippen molar-refractivity contribution in [1.82, 2.24) is 4.90 Å². The summed E-state index contributed by atoms with van der Waals surface area (Å²) < 4.78 is 36.8. The molecule has 0 atom stereocenters. The van der Waals surface area contributed by atoms with E-state index in [1.54, 1.807) is 19.1 Å². The Morgan fingerprint density at radius 1 is 1.00 bits per heavy atom. The number of sulfone groups is 1. The molecule has 0 aliphatic carbocycles. The highest BCUT2D eigenvalue weighted by Crippen LogP contribution is 2.37. The molecule has 1 aliphatic rings. The van der Waals surface area contributed by atoms with Crippen LogP contribution in [-0.4, -0.2) is 50.3 Å². The number of piperidine rings is 1. The van der Waals surface area contributed by atoms with Crippen molar-refractivity contribution in [3.05, 3.63) is 59.7 Å². The quantitative estimate of drug-likeness (QED) is 0.372. The number of carbonyl (C=O) groups is 1. The fourth-order valence-electron chi connectivity index (χ4n) is 4.14. The van der Waals surface area contributed by atoms with Gasteiger partial charge in [0.2, 0.25) is 0 Å². The van der Waals surface area contributed by atoms with Crippen molar-refractivity contribution in [3.8, 4) is 5.75 Å². The molecule has 0 bridgehead atoms. The monoisotopic (exact) mass is 473 g/mol. The minimum Gasteiger partial charge on any atom is -0.494 e. The smallest absolute Gasteiger partial charge is 0.327 e. The van der Waals surface area contributed by atoms with Crippen LogP contribution in [0.4, 0.5) is 0 Å². The maximum absolute atomic E-state index is 13.7. The van der Waals surface area contributed by atoms with Crippen molar-refractivity contribution >= 4 is 15.8 Å². The van der Waals surface area contributed by atoms with Gasteiger partial charge in [0, 0.05) is 19.6 Å². The van der Waals surface area contributed by atoms with Crippen molar-refractivity contribution in [2.45, 2.75) is 62.6 Å². The molecule has 0 unspecified atom stereocenters. The molecule has 0 N–H and O–H groups in total. The summed E-state index contributed by atoms with van der Waals surface area (Å²) in [5.41, 5.74) is 2.37. The van der Waals surface area contributed by atoms with Gasteiger partial charge in [-0.05, 0) is 62.9 Å². The van der Waals surface area contributed by atoms with Gasteiger partial charge in [0.05, 0.1) is 18.1 Å². The average molecular weight is 474 g/mol. The first-order valence-electron chi connectivity index (χ1n) is 11.7. The van der Waals surface area contributed by atoms with Crippen molar-refractivity contribution in [3.63, 3.8) is 0 Å². The van der Waals surface area contributed by atoms with Crippen LogP contribution in [0.3, 0.4) is 0 Å². The summed E-state index contributed by atoms with van der Waals surface area (Å²) in [4.78, 5) is 15.4. The predicted molar refractivity (Wildman–Crippen MR) is 129 cm³/mol. The van der Waals surface area contributed by atoms with E-state index < -0.39 is 20.6 Å². The first kappa shape index (κ1) is 25.2. The van der Waals surface area contributed by atoms with E-state index >= 15 is 0 Å². The summed E-state index contributed by atoms with van der Waals surface area (Å²) in [6.45, 7) is 8.30. The maximum Gasteiger partial charge on any atom is 0.327 e. The molecule has 0 spiro atoms. The van der Waals surface area contributed by atoms with Crippen LogP contribution < -0.4 is 4.74 Å². The summed E-state index contributed by atoms with van der Waals surface area (Å²) in [6, 6.07) is 14.7. The second-order valence-corrected chi connectivity index (χ2v) is 10.9. The van der Waals surface area contributed by atoms with Gasteiger partial charge < -0.3 is 9.47 Å². The normalized spacial score (nSPS) is 16.3. The number of carbonyl (C=O) groups excluding carboxylic acids is 1. The molecule has 0 aromatic heterocycles. The lowest BCUT2D eigenvalue weighted by Gasteiger charge is -2.39. The standard InChI is InChI=1S/C26H35NO5S/c1-4-6-19-32-23-11-13-24(14-12-23)33(29,30)26(25(28)31-5-2)15-17-27(18-16-26)20-22-9-7-21(3)8-10-22/h7-14H,4-6,15-20H2,1-3H3. The maximum atomic E-state index is 13.7. The van der Waals surface area contributed by atoms with E-state index in [4.69, 9.17) is 9.47 Å². The molecule has 1 saturated heterocycles. The average Bonchev–Trinajstić information content (AvgIpc) is 2.81. The molecule has 7 heteroatoms. The third-order valence-electron chi connectivity index (χ3n) is 6.25. The number of unbranched alkanes of at least 4 members (excludes halogenated alkanes) is 1. The third-order valence-corrected chi connectivity index (χ3v) is 8.75. The van der Waals surface area contributed by atoms with Gasteiger partial charge in [0.15, 0.2) is 14.6 Å². The second kappa shape index (κ2) is 11.2. The van der Waals surface area contributed by atoms with Crippen LogP contribution in [0, 0.1) is 6.92 Å². The zero-order chi connectivity index (χ0) is 23.9. The number of esters is 1. The summed E-state index contributed by atoms with van der Waals surface area (Å²) in [6.07, 6.45) is 2.37. The van der Waals surface area contributed by atoms with Crippen LogP contribution in [0.15, 0.2) is 53.4 Å². The number of benzene rings is 2. The van der Waals surface area contributed by atoms with Crippen molar-refractivity contribution < 1.29 is 22.7 Å². The molecular formula is C26H35NO5S. The summed E-state index contributed by atoms with van der Waals surface area (Å²) in [5.74, 6) is -0.0243. The lowest BCUT2D eigenvalue weighted by Crippen LogP contribution is -2.54. The molecule has 3 rings (SSSR count). The number of rotatable bonds is 10. The third kappa shape index (κ3) is 5.76. The van der Waals surface area contributed by atoms with E-state index in [2.05, 4.69) is 36.1 Å². The molecule has 1 heterocycles. The van der Waals surface area contributed by atoms with E-state index in [-0.39, 0.29) is 24.3 Å². The zero-order valence-corrected chi connectivity index (χ0v) is 20.7. The van der Waals surface area contributed by atoms with Crippen LogP contribution in [0.2, 0.25) is 0 Å². The van der Waals surface area contributed by atoms with E-state index in [1.807, 2.05) is 6.92 Å². The van der Waals surface area contributed by atoms with E-state index in [0.29, 0.717) is 25.4 Å². The molecule has 180 valence electrons. The van der Waals surface area contributed by atoms with Gasteiger partial charge >= 0.3 is 5.97 Å². The minimum absolute atomic E-state index is 0.130. The number of likely N-dealkylation sites (tertiary alicyclic amines) is 1. The van der Waals surface area contributed by atoms with Gasteiger partial charge in [-0.1, -0.05) is 43.2 Å². The largest absolute Gasteiger partial charge is 0.494 e. The molecular weight excluding hydrogens is 438 g/mol. The Morgan fingerprint density at radius 3 is 2.21 bits per heavy atom. The van der Waals surface area contributed by atoms with Gasteiger partial charge in [0.1, 0.15) is 5.75 Å². The van der Waals surface area contributed by atoms with Crippen molar-refractivity contribution in [2.75, 3.05) is 26.3 Å². The summed E-state index contributed by atoms with van der Waals surface area (Å²) in [5, 5.41) is 0. The first-order valence-corrected chi connectivity index (χ1v) is 13.2. The van der Waals surface area contributed by atoms with E-state index in [9.17, 15) is 13.2 Å². The number of hydrogen-bond acceptors (Lipinski definition) is 6. The Labute approximate surface area is 197 Å².